The number of nitrogens with zero attached hydrogens (tertiary/aromatic N) is 2. The maximum absolute atomic E-state index is 12.3. The minimum atomic E-state index is -0.752. The minimum Gasteiger partial charge on any atom is -0.458 e. The van der Waals surface area contributed by atoms with Crippen LogP contribution in [-0.4, -0.2) is 21.9 Å². The summed E-state index contributed by atoms with van der Waals surface area (Å²) in [7, 11) is 0. The predicted octanol–water partition coefficient (Wildman–Crippen LogP) is 2.70. The molecule has 1 aromatic rings. The number of hydrogen-bond donors (Lipinski definition) is 0. The highest BCUT2D eigenvalue weighted by molar-refractivity contribution is 5.91. The molecule has 120 valence electrons. The van der Waals surface area contributed by atoms with Crippen LogP contribution in [0.5, 0.6) is 0 Å². The van der Waals surface area contributed by atoms with E-state index >= 15 is 0 Å². The van der Waals surface area contributed by atoms with E-state index in [4.69, 9.17) is 4.74 Å². The highest BCUT2D eigenvalue weighted by atomic mass is 16.6. The van der Waals surface area contributed by atoms with Crippen LogP contribution in [0.1, 0.15) is 29.6 Å². The van der Waals surface area contributed by atoms with Crippen molar-refractivity contribution in [1.29, 1.82) is 0 Å². The second-order valence-corrected chi connectivity index (χ2v) is 6.59. The number of nitro groups is 2. The summed E-state index contributed by atoms with van der Waals surface area (Å²) in [5.74, 6) is 1.41. The van der Waals surface area contributed by atoms with Gasteiger partial charge >= 0.3 is 5.97 Å². The lowest BCUT2D eigenvalue weighted by Crippen LogP contribution is -2.35. The Morgan fingerprint density at radius 1 is 0.957 bits per heavy atom. The summed E-state index contributed by atoms with van der Waals surface area (Å²) >= 11 is 0. The zero-order valence-corrected chi connectivity index (χ0v) is 12.1. The number of non-ortho nitro benzene ring substituents is 2. The van der Waals surface area contributed by atoms with E-state index < -0.39 is 27.2 Å². The quantitative estimate of drug-likeness (QED) is 0.479. The normalized spacial score (nSPS) is 33.1. The molecule has 0 aromatic heterocycles. The van der Waals surface area contributed by atoms with E-state index in [0.717, 1.165) is 31.0 Å². The molecule has 0 radical (unpaired) electrons. The van der Waals surface area contributed by atoms with E-state index in [9.17, 15) is 25.0 Å². The highest BCUT2D eigenvalue weighted by Crippen LogP contribution is 2.66. The Kier molecular flexibility index (Phi) is 2.91. The van der Waals surface area contributed by atoms with Gasteiger partial charge in [0.2, 0.25) is 0 Å². The lowest BCUT2D eigenvalue weighted by molar-refractivity contribution is -0.394. The van der Waals surface area contributed by atoms with Crippen LogP contribution in [0.3, 0.4) is 0 Å². The van der Waals surface area contributed by atoms with Gasteiger partial charge in [-0.2, -0.15) is 0 Å². The lowest BCUT2D eigenvalue weighted by Gasteiger charge is -2.36. The first kappa shape index (κ1) is 14.1. The average Bonchev–Trinajstić information content (AvgIpc) is 3.20. The Balaban J connectivity index is 1.58. The summed E-state index contributed by atoms with van der Waals surface area (Å²) in [5, 5.41) is 21.8. The van der Waals surface area contributed by atoms with E-state index in [0.29, 0.717) is 23.7 Å². The maximum atomic E-state index is 12.3. The summed E-state index contributed by atoms with van der Waals surface area (Å²) in [6, 6.07) is 2.91. The van der Waals surface area contributed by atoms with Gasteiger partial charge in [0.1, 0.15) is 6.10 Å². The third-order valence-electron chi connectivity index (χ3n) is 5.47. The topological polar surface area (TPSA) is 113 Å². The molecule has 0 heterocycles. The minimum absolute atomic E-state index is 0.133. The van der Waals surface area contributed by atoms with E-state index in [1.807, 2.05) is 0 Å². The molecule has 3 saturated carbocycles. The Bertz CT molecular complexity index is 700. The van der Waals surface area contributed by atoms with Crippen LogP contribution in [-0.2, 0) is 4.74 Å². The van der Waals surface area contributed by atoms with Gasteiger partial charge in [-0.25, -0.2) is 4.79 Å². The highest BCUT2D eigenvalue weighted by Gasteiger charge is 2.64. The number of esters is 1. The standard InChI is InChI=1S/C15H14N2O6/c18-15(23-14-11-2-1-10(11)12-6-13(12)14)7-3-8(16(19)20)5-9(4-7)17(21)22/h3-5,10-14H,1-2,6H2/t10-,11+,12+,13+,14-/m0/s1. The van der Waals surface area contributed by atoms with Crippen molar-refractivity contribution >= 4 is 17.3 Å². The summed E-state index contributed by atoms with van der Waals surface area (Å²) in [5.41, 5.74) is -1.10. The molecule has 8 nitrogen and oxygen atoms in total. The lowest BCUT2D eigenvalue weighted by atomic mass is 9.72. The molecule has 5 atom stereocenters. The van der Waals surface area contributed by atoms with Crippen molar-refractivity contribution in [2.75, 3.05) is 0 Å². The van der Waals surface area contributed by atoms with Gasteiger partial charge in [0.25, 0.3) is 11.4 Å². The number of nitro benzene ring substituents is 2. The van der Waals surface area contributed by atoms with Crippen LogP contribution < -0.4 is 0 Å². The van der Waals surface area contributed by atoms with E-state index in [1.165, 1.54) is 6.42 Å². The molecule has 0 spiro atoms. The smallest absolute Gasteiger partial charge is 0.338 e. The third-order valence-corrected chi connectivity index (χ3v) is 5.47. The maximum Gasteiger partial charge on any atom is 0.338 e. The zero-order chi connectivity index (χ0) is 16.3. The Hall–Kier alpha value is -2.51. The Morgan fingerprint density at radius 2 is 1.57 bits per heavy atom. The van der Waals surface area contributed by atoms with E-state index in [2.05, 4.69) is 0 Å². The number of carbonyl (C=O) groups excluding carboxylic acids is 1. The average molecular weight is 318 g/mol. The molecule has 1 aromatic carbocycles. The Labute approximate surface area is 130 Å². The van der Waals surface area contributed by atoms with Crippen molar-refractivity contribution in [3.8, 4) is 0 Å². The summed E-state index contributed by atoms with van der Waals surface area (Å²) in [4.78, 5) is 32.6. The van der Waals surface area contributed by atoms with E-state index in [1.54, 1.807) is 0 Å². The number of fused-ring (bicyclic) bond motifs is 3. The molecule has 0 amide bonds. The monoisotopic (exact) mass is 318 g/mol. The second kappa shape index (κ2) is 4.74. The van der Waals surface area contributed by atoms with Crippen molar-refractivity contribution in [1.82, 2.24) is 0 Å². The van der Waals surface area contributed by atoms with Gasteiger partial charge in [0, 0.05) is 12.1 Å². The molecular formula is C15H14N2O6. The fraction of sp³-hybridized carbons (Fsp3) is 0.533. The van der Waals surface area contributed by atoms with Crippen molar-refractivity contribution in [3.05, 3.63) is 44.0 Å². The van der Waals surface area contributed by atoms with Crippen molar-refractivity contribution in [2.24, 2.45) is 23.7 Å². The number of benzene rings is 1. The Morgan fingerprint density at radius 3 is 2.04 bits per heavy atom. The van der Waals surface area contributed by atoms with Gasteiger partial charge in [-0.1, -0.05) is 0 Å². The largest absolute Gasteiger partial charge is 0.458 e. The number of ether oxygens (including phenoxy) is 1. The molecule has 0 aliphatic heterocycles. The first-order valence-corrected chi connectivity index (χ1v) is 7.60. The summed E-state index contributed by atoms with van der Waals surface area (Å²) < 4.78 is 5.57. The molecule has 3 aliphatic rings. The van der Waals surface area contributed by atoms with Crippen LogP contribution in [0, 0.1) is 43.9 Å². The number of carbonyl (C=O) groups is 1. The molecule has 0 saturated heterocycles. The molecule has 4 rings (SSSR count). The first-order chi connectivity index (χ1) is 11.0. The third kappa shape index (κ3) is 2.16. The number of rotatable bonds is 4. The van der Waals surface area contributed by atoms with Gasteiger partial charge in [0.05, 0.1) is 21.5 Å². The molecule has 0 bridgehead atoms. The van der Waals surface area contributed by atoms with Gasteiger partial charge in [-0.05, 0) is 42.9 Å². The van der Waals surface area contributed by atoms with Crippen molar-refractivity contribution in [3.63, 3.8) is 0 Å². The van der Waals surface area contributed by atoms with Crippen LogP contribution in [0.15, 0.2) is 18.2 Å². The fourth-order valence-corrected chi connectivity index (χ4v) is 4.20. The SMILES string of the molecule is O=C(O[C@H]1[C@@H]2CC[C@@H]2[C@H]2C[C@H]21)c1cc([N+](=O)[O-])cc([N+](=O)[O-])c1. The van der Waals surface area contributed by atoms with Crippen molar-refractivity contribution in [2.45, 2.75) is 25.4 Å². The van der Waals surface area contributed by atoms with Gasteiger partial charge in [-0.15, -0.1) is 0 Å². The predicted molar refractivity (Wildman–Crippen MR) is 76.8 cm³/mol. The van der Waals surface area contributed by atoms with Crippen molar-refractivity contribution < 1.29 is 19.4 Å². The van der Waals surface area contributed by atoms with Crippen LogP contribution in [0.25, 0.3) is 0 Å². The molecule has 3 aliphatic carbocycles. The van der Waals surface area contributed by atoms with Crippen LogP contribution in [0.4, 0.5) is 11.4 Å². The van der Waals surface area contributed by atoms with E-state index in [-0.39, 0.29) is 11.7 Å². The van der Waals surface area contributed by atoms with Gasteiger partial charge in [-0.3, -0.25) is 20.2 Å². The molecular weight excluding hydrogens is 304 g/mol. The molecule has 0 N–H and O–H groups in total. The fourth-order valence-electron chi connectivity index (χ4n) is 4.20. The molecule has 8 heteroatoms. The van der Waals surface area contributed by atoms with Gasteiger partial charge in [0.15, 0.2) is 0 Å². The zero-order valence-electron chi connectivity index (χ0n) is 12.1. The van der Waals surface area contributed by atoms with Gasteiger partial charge < -0.3 is 4.74 Å². The summed E-state index contributed by atoms with van der Waals surface area (Å²) in [6.07, 6.45) is 3.17. The van der Waals surface area contributed by atoms with Crippen LogP contribution >= 0.6 is 0 Å². The number of hydrogen-bond acceptors (Lipinski definition) is 6. The molecule has 0 unspecified atom stereocenters. The van der Waals surface area contributed by atoms with Crippen LogP contribution in [0.2, 0.25) is 0 Å². The molecule has 3 fully saturated rings. The molecule has 23 heavy (non-hydrogen) atoms. The second-order valence-electron chi connectivity index (χ2n) is 6.59. The summed E-state index contributed by atoms with van der Waals surface area (Å²) in [6.45, 7) is 0. The first-order valence-electron chi connectivity index (χ1n) is 7.60.